The van der Waals surface area contributed by atoms with E-state index in [4.69, 9.17) is 27.9 Å². The monoisotopic (exact) mass is 576 g/mol. The van der Waals surface area contributed by atoms with Gasteiger partial charge in [-0.3, -0.25) is 14.4 Å². The lowest BCUT2D eigenvalue weighted by molar-refractivity contribution is -0.154. The Bertz CT molecular complexity index is 863. The fourth-order valence-electron chi connectivity index (χ4n) is 4.92. The Morgan fingerprint density at radius 1 is 1.06 bits per heavy atom. The fraction of sp³-hybridized carbons (Fsp3) is 0.654. The predicted octanol–water partition coefficient (Wildman–Crippen LogP) is 5.61. The zero-order valence-corrected chi connectivity index (χ0v) is 23.4. The van der Waals surface area contributed by atoms with Crippen LogP contribution in [-0.2, 0) is 19.1 Å². The number of hydrogen-bond acceptors (Lipinski definition) is 5. The maximum atomic E-state index is 13.9. The molecule has 0 saturated carbocycles. The van der Waals surface area contributed by atoms with Crippen LogP contribution in [0.4, 0.5) is 0 Å². The maximum Gasteiger partial charge on any atom is 0.316 e. The number of cyclic esters (lactones) is 1. The zero-order chi connectivity index (χ0) is 25.8. The smallest absolute Gasteiger partial charge is 0.316 e. The fourth-order valence-corrected chi connectivity index (χ4v) is 5.73. The highest BCUT2D eigenvalue weighted by molar-refractivity contribution is 9.09. The lowest BCUT2D eigenvalue weighted by Gasteiger charge is -2.43. The van der Waals surface area contributed by atoms with Gasteiger partial charge in [-0.1, -0.05) is 89.8 Å². The van der Waals surface area contributed by atoms with Crippen molar-refractivity contribution in [3.63, 3.8) is 0 Å². The van der Waals surface area contributed by atoms with Gasteiger partial charge in [0.2, 0.25) is 4.33 Å². The van der Waals surface area contributed by atoms with E-state index < -0.39 is 45.4 Å². The Morgan fingerprint density at radius 2 is 1.68 bits per heavy atom. The van der Waals surface area contributed by atoms with Gasteiger partial charge in [-0.05, 0) is 56.9 Å². The van der Waals surface area contributed by atoms with E-state index in [9.17, 15) is 19.5 Å². The van der Waals surface area contributed by atoms with Crippen molar-refractivity contribution < 1.29 is 24.2 Å². The number of alkyl halides is 3. The first-order valence-electron chi connectivity index (χ1n) is 11.7. The van der Waals surface area contributed by atoms with E-state index in [1.165, 1.54) is 6.92 Å². The number of allylic oxidation sites excluding steroid dienone is 5. The molecule has 0 unspecified atom stereocenters. The Hall–Kier alpha value is -0.950. The van der Waals surface area contributed by atoms with Crippen LogP contribution in [0.5, 0.6) is 0 Å². The highest BCUT2D eigenvalue weighted by Gasteiger charge is 2.54. The van der Waals surface area contributed by atoms with Crippen molar-refractivity contribution in [1.29, 1.82) is 0 Å². The number of fused-ring (bicyclic) bond motifs is 1. The molecule has 0 radical (unpaired) electrons. The first-order valence-corrected chi connectivity index (χ1v) is 13.6. The van der Waals surface area contributed by atoms with Gasteiger partial charge in [0, 0.05) is 11.2 Å². The molecule has 2 rings (SSSR count). The molecule has 8 heteroatoms. The average molecular weight is 578 g/mol. The normalized spacial score (nSPS) is 38.3. The van der Waals surface area contributed by atoms with Crippen molar-refractivity contribution in [3.05, 3.63) is 36.5 Å². The Balaban J connectivity index is 2.61. The van der Waals surface area contributed by atoms with Crippen LogP contribution in [-0.4, -0.2) is 44.0 Å². The van der Waals surface area contributed by atoms with Gasteiger partial charge in [0.15, 0.2) is 11.6 Å². The number of carbonyl (C=O) groups excluding carboxylic acids is 3. The molecule has 0 amide bonds. The molecule has 0 aromatic heterocycles. The van der Waals surface area contributed by atoms with Gasteiger partial charge in [0.1, 0.15) is 12.0 Å². The third kappa shape index (κ3) is 6.63. The van der Waals surface area contributed by atoms with Gasteiger partial charge < -0.3 is 9.84 Å². The quantitative estimate of drug-likeness (QED) is 0.203. The topological polar surface area (TPSA) is 80.7 Å². The third-order valence-electron chi connectivity index (χ3n) is 6.93. The van der Waals surface area contributed by atoms with Crippen molar-refractivity contribution >= 4 is 56.7 Å². The molecule has 1 aliphatic carbocycles. The first kappa shape index (κ1) is 29.3. The molecule has 0 saturated heterocycles. The molecule has 1 aliphatic heterocycles. The molecular formula is C26H35BrCl2O5. The molecule has 0 aromatic carbocycles. The number of aliphatic hydroxyl groups is 1. The SMILES string of the molecule is CC[C@H]1[C@@H]2C(=O)C(Cl)(Cl)C(=O)[C@H](C)C(=O)O[C@@H](C)/C=C/C=C\[C@@H](C)[C@@H]2C=C[C@@H]1C[C@@](C)(O)CBr. The van der Waals surface area contributed by atoms with Crippen molar-refractivity contribution in [3.8, 4) is 0 Å². The predicted molar refractivity (Wildman–Crippen MR) is 139 cm³/mol. The third-order valence-corrected chi connectivity index (χ3v) is 8.88. The molecule has 34 heavy (non-hydrogen) atoms. The van der Waals surface area contributed by atoms with Gasteiger partial charge in [-0.2, -0.15) is 0 Å². The number of rotatable bonds is 4. The molecule has 0 aromatic rings. The second kappa shape index (κ2) is 11.9. The molecule has 1 heterocycles. The highest BCUT2D eigenvalue weighted by Crippen LogP contribution is 2.47. The molecule has 8 atom stereocenters. The minimum atomic E-state index is -2.39. The first-order chi connectivity index (χ1) is 15.8. The van der Waals surface area contributed by atoms with Crippen molar-refractivity contribution in [1.82, 2.24) is 0 Å². The second-order valence-electron chi connectivity index (χ2n) is 9.85. The van der Waals surface area contributed by atoms with Gasteiger partial charge in [0.05, 0.1) is 5.60 Å². The molecule has 5 nitrogen and oxygen atoms in total. The summed E-state index contributed by atoms with van der Waals surface area (Å²) in [5.74, 6) is -4.85. The molecular weight excluding hydrogens is 543 g/mol. The van der Waals surface area contributed by atoms with E-state index in [1.54, 1.807) is 26.0 Å². The summed E-state index contributed by atoms with van der Waals surface area (Å²) in [6.45, 7) is 8.76. The highest BCUT2D eigenvalue weighted by atomic mass is 79.9. The van der Waals surface area contributed by atoms with Crippen molar-refractivity contribution in [2.75, 3.05) is 5.33 Å². The van der Waals surface area contributed by atoms with E-state index in [2.05, 4.69) is 22.0 Å². The Kier molecular flexibility index (Phi) is 10.2. The zero-order valence-electron chi connectivity index (χ0n) is 20.3. The average Bonchev–Trinajstić information content (AvgIpc) is 2.78. The molecule has 0 bridgehead atoms. The maximum absolute atomic E-state index is 13.9. The van der Waals surface area contributed by atoms with E-state index in [0.717, 1.165) is 0 Å². The summed E-state index contributed by atoms with van der Waals surface area (Å²) in [5.41, 5.74) is -0.972. The van der Waals surface area contributed by atoms with Crippen LogP contribution in [0.25, 0.3) is 0 Å². The van der Waals surface area contributed by atoms with Gasteiger partial charge in [-0.15, -0.1) is 0 Å². The molecule has 0 fully saturated rings. The van der Waals surface area contributed by atoms with Crippen LogP contribution in [0.1, 0.15) is 47.5 Å². The van der Waals surface area contributed by atoms with Crippen LogP contribution in [0.15, 0.2) is 36.5 Å². The number of carbonyl (C=O) groups is 3. The van der Waals surface area contributed by atoms with Crippen molar-refractivity contribution in [2.45, 2.75) is 63.5 Å². The second-order valence-corrected chi connectivity index (χ2v) is 11.7. The summed E-state index contributed by atoms with van der Waals surface area (Å²) in [7, 11) is 0. The van der Waals surface area contributed by atoms with Crippen LogP contribution in [0.3, 0.4) is 0 Å². The van der Waals surface area contributed by atoms with Crippen LogP contribution in [0.2, 0.25) is 0 Å². The minimum Gasteiger partial charge on any atom is -0.458 e. The number of ether oxygens (including phenoxy) is 1. The van der Waals surface area contributed by atoms with Gasteiger partial charge >= 0.3 is 5.97 Å². The van der Waals surface area contributed by atoms with Crippen LogP contribution < -0.4 is 0 Å². The molecule has 0 spiro atoms. The molecule has 190 valence electrons. The number of ketones is 2. The van der Waals surface area contributed by atoms with E-state index in [1.807, 2.05) is 32.1 Å². The summed E-state index contributed by atoms with van der Waals surface area (Å²) in [6, 6.07) is 0. The molecule has 2 aliphatic rings. The van der Waals surface area contributed by atoms with E-state index in [-0.39, 0.29) is 23.7 Å². The summed E-state index contributed by atoms with van der Waals surface area (Å²) < 4.78 is 2.92. The minimum absolute atomic E-state index is 0.0565. The van der Waals surface area contributed by atoms with Gasteiger partial charge in [-0.25, -0.2) is 0 Å². The number of hydrogen-bond donors (Lipinski definition) is 1. The Labute approximate surface area is 221 Å². The van der Waals surface area contributed by atoms with Crippen LogP contribution in [0, 0.1) is 35.5 Å². The summed E-state index contributed by atoms with van der Waals surface area (Å²) in [4.78, 5) is 39.6. The summed E-state index contributed by atoms with van der Waals surface area (Å²) >= 11 is 16.3. The largest absolute Gasteiger partial charge is 0.458 e. The Morgan fingerprint density at radius 3 is 2.26 bits per heavy atom. The van der Waals surface area contributed by atoms with Crippen molar-refractivity contribution in [2.24, 2.45) is 35.5 Å². The van der Waals surface area contributed by atoms with Gasteiger partial charge in [0.25, 0.3) is 0 Å². The standard InChI is InChI=1S/C26H35BrCl2O5/c1-6-19-18(13-25(5,33)14-27)11-12-20-15(2)9-7-8-10-16(3)34-24(32)17(4)22(30)26(28,29)23(31)21(19)20/h7-12,15-21,33H,6,13-14H2,1-5H3/b9-7-,10-8+/t15-,16+,17+,18-,19-,20+,21+,25-/m1/s1. The van der Waals surface area contributed by atoms with Crippen LogP contribution >= 0.6 is 39.1 Å². The number of esters is 1. The summed E-state index contributed by atoms with van der Waals surface area (Å²) in [5, 5.41) is 11.1. The molecule has 1 N–H and O–H groups in total. The number of halogens is 3. The lowest BCUT2D eigenvalue weighted by Crippen LogP contribution is -2.51. The lowest BCUT2D eigenvalue weighted by atomic mass is 9.62. The number of Topliss-reactive ketones (excluding diaryl/α,β-unsaturated/α-hetero) is 2. The van der Waals surface area contributed by atoms with E-state index >= 15 is 0 Å². The van der Waals surface area contributed by atoms with E-state index in [0.29, 0.717) is 18.2 Å². The summed E-state index contributed by atoms with van der Waals surface area (Å²) in [6.07, 6.45) is 11.9.